The summed E-state index contributed by atoms with van der Waals surface area (Å²) in [5.74, 6) is 1.28. The summed E-state index contributed by atoms with van der Waals surface area (Å²) in [5.41, 5.74) is 10.1. The zero-order chi connectivity index (χ0) is 25.4. The number of rotatable bonds is 5. The van der Waals surface area contributed by atoms with Crippen molar-refractivity contribution >= 4 is 28.6 Å². The summed E-state index contributed by atoms with van der Waals surface area (Å²) in [6.07, 6.45) is 5.09. The number of nitrogens with one attached hydrogen (secondary N) is 1. The first-order valence-corrected chi connectivity index (χ1v) is 13.4. The monoisotopic (exact) mass is 509 g/mol. The summed E-state index contributed by atoms with van der Waals surface area (Å²) in [6, 6.07) is 24.7. The molecule has 2 aromatic heterocycles. The number of nitrogens with zero attached hydrogens (tertiary/aromatic N) is 4. The van der Waals surface area contributed by atoms with E-state index < -0.39 is 0 Å². The highest BCUT2D eigenvalue weighted by atomic mass is 32.2. The van der Waals surface area contributed by atoms with Gasteiger partial charge in [-0.1, -0.05) is 60.3 Å². The maximum Gasteiger partial charge on any atom is 0.320 e. The van der Waals surface area contributed by atoms with Gasteiger partial charge < -0.3 is 5.73 Å². The highest BCUT2D eigenvalue weighted by Crippen LogP contribution is 2.35. The molecule has 7 nitrogen and oxygen atoms in total. The molecule has 0 radical (unpaired) electrons. The molecule has 2 aliphatic rings. The Kier molecular flexibility index (Phi) is 6.26. The molecule has 1 saturated carbocycles. The van der Waals surface area contributed by atoms with E-state index in [-0.39, 0.29) is 11.6 Å². The van der Waals surface area contributed by atoms with Gasteiger partial charge in [0.2, 0.25) is 5.82 Å². The molecule has 0 bridgehead atoms. The van der Waals surface area contributed by atoms with Crippen LogP contribution in [0.4, 0.5) is 11.8 Å². The third-order valence-corrected chi connectivity index (χ3v) is 8.23. The third kappa shape index (κ3) is 4.42. The maximum absolute atomic E-state index is 13.6. The number of benzene rings is 2. The molecule has 8 heteroatoms. The van der Waals surface area contributed by atoms with Crippen LogP contribution in [0.1, 0.15) is 36.4 Å². The lowest BCUT2D eigenvalue weighted by atomic mass is 10.1. The molecule has 1 fully saturated rings. The second-order valence-corrected chi connectivity index (χ2v) is 10.6. The van der Waals surface area contributed by atoms with E-state index in [9.17, 15) is 4.79 Å². The average Bonchev–Trinajstić information content (AvgIpc) is 3.54. The van der Waals surface area contributed by atoms with Gasteiger partial charge in [-0.25, -0.2) is 9.13 Å². The van der Waals surface area contributed by atoms with Crippen molar-refractivity contribution in [1.29, 1.82) is 0 Å². The maximum atomic E-state index is 13.6. The molecule has 3 N–H and O–H groups in total. The fourth-order valence-corrected chi connectivity index (χ4v) is 6.24. The lowest BCUT2D eigenvalue weighted by molar-refractivity contribution is -0.688. The van der Waals surface area contributed by atoms with Gasteiger partial charge in [-0.15, -0.1) is 0 Å². The van der Waals surface area contributed by atoms with Gasteiger partial charge in [0.1, 0.15) is 16.6 Å². The predicted molar refractivity (Wildman–Crippen MR) is 149 cm³/mol. The summed E-state index contributed by atoms with van der Waals surface area (Å²) >= 11 is 1.48. The quantitative estimate of drug-likeness (QED) is 0.178. The molecule has 37 heavy (non-hydrogen) atoms. The Labute approximate surface area is 220 Å². The molecule has 3 heterocycles. The highest BCUT2D eigenvalue weighted by molar-refractivity contribution is 8.14. The first-order valence-electron chi connectivity index (χ1n) is 12.6. The number of aliphatic imine (C=N–C) groups is 1. The molecule has 2 atom stereocenters. The summed E-state index contributed by atoms with van der Waals surface area (Å²) in [4.78, 5) is 24.1. The van der Waals surface area contributed by atoms with Crippen LogP contribution in [0, 0.1) is 0 Å². The van der Waals surface area contributed by atoms with Crippen LogP contribution in [0.2, 0.25) is 0 Å². The summed E-state index contributed by atoms with van der Waals surface area (Å²) < 4.78 is 3.81. The molecule has 4 aromatic rings. The molecule has 186 valence electrons. The van der Waals surface area contributed by atoms with Crippen LogP contribution in [0.15, 0.2) is 93.7 Å². The molecular weight excluding hydrogens is 480 g/mol. The Balaban J connectivity index is 1.39. The van der Waals surface area contributed by atoms with Crippen molar-refractivity contribution in [2.45, 2.75) is 42.8 Å². The van der Waals surface area contributed by atoms with Crippen LogP contribution in [0.5, 0.6) is 0 Å². The highest BCUT2D eigenvalue weighted by Gasteiger charge is 2.44. The van der Waals surface area contributed by atoms with Crippen LogP contribution in [-0.2, 0) is 13.6 Å². The number of nitrogen functional groups attached to an aromatic ring is 1. The number of fused-ring (bicyclic) bond motifs is 3. The smallest absolute Gasteiger partial charge is 0.320 e. The molecule has 0 saturated heterocycles. The van der Waals surface area contributed by atoms with Gasteiger partial charge in [0.15, 0.2) is 0 Å². The Morgan fingerprint density at radius 2 is 1.89 bits per heavy atom. The Morgan fingerprint density at radius 1 is 1.11 bits per heavy atom. The predicted octanol–water partition coefficient (Wildman–Crippen LogP) is 4.58. The van der Waals surface area contributed by atoms with E-state index >= 15 is 0 Å². The number of hydrogen-bond donors (Lipinski definition) is 2. The zero-order valence-corrected chi connectivity index (χ0v) is 21.5. The van der Waals surface area contributed by atoms with Gasteiger partial charge in [0.25, 0.3) is 0 Å². The van der Waals surface area contributed by atoms with Crippen LogP contribution < -0.4 is 21.2 Å². The number of thioether (sulfide) groups is 1. The van der Waals surface area contributed by atoms with E-state index in [4.69, 9.17) is 10.7 Å². The van der Waals surface area contributed by atoms with E-state index in [2.05, 4.69) is 39.1 Å². The topological polar surface area (TPSA) is 89.2 Å². The SMILES string of the molecule is Cn1c2[n+](c(N)c(C(=NCc3ccc(-c4ccccn4)cc3)Sc3ccccc3)c1=O)[C@H]1CCC[C@H]1N2. The number of anilines is 2. The minimum absolute atomic E-state index is 0.135. The third-order valence-electron chi connectivity index (χ3n) is 7.20. The normalized spacial score (nSPS) is 18.4. The zero-order valence-electron chi connectivity index (χ0n) is 20.7. The van der Waals surface area contributed by atoms with Crippen molar-refractivity contribution in [3.05, 3.63) is 100 Å². The van der Waals surface area contributed by atoms with Crippen molar-refractivity contribution in [1.82, 2.24) is 9.55 Å². The van der Waals surface area contributed by atoms with Crippen molar-refractivity contribution < 1.29 is 4.57 Å². The Bertz CT molecular complexity index is 1520. The molecule has 1 aliphatic carbocycles. The second-order valence-electron chi connectivity index (χ2n) is 9.52. The molecule has 1 aliphatic heterocycles. The van der Waals surface area contributed by atoms with Crippen molar-refractivity contribution in [2.75, 3.05) is 11.1 Å². The number of nitrogens with two attached hydrogens (primary N) is 1. The summed E-state index contributed by atoms with van der Waals surface area (Å²) in [6.45, 7) is 0.437. The minimum atomic E-state index is -0.135. The van der Waals surface area contributed by atoms with Crippen LogP contribution in [0.3, 0.4) is 0 Å². The molecule has 2 aromatic carbocycles. The fraction of sp³-hybridized carbons (Fsp3) is 0.241. The van der Waals surface area contributed by atoms with E-state index in [0.29, 0.717) is 29.0 Å². The molecule has 6 rings (SSSR count). The van der Waals surface area contributed by atoms with E-state index in [0.717, 1.165) is 46.9 Å². The van der Waals surface area contributed by atoms with Gasteiger partial charge in [-0.3, -0.25) is 20.1 Å². The summed E-state index contributed by atoms with van der Waals surface area (Å²) in [5, 5.41) is 4.17. The van der Waals surface area contributed by atoms with Crippen molar-refractivity contribution in [2.24, 2.45) is 12.0 Å². The van der Waals surface area contributed by atoms with Gasteiger partial charge in [-0.05, 0) is 49.1 Å². The first kappa shape index (κ1) is 23.5. The van der Waals surface area contributed by atoms with Crippen LogP contribution in [0.25, 0.3) is 11.3 Å². The fourth-order valence-electron chi connectivity index (χ4n) is 5.30. The average molecular weight is 510 g/mol. The summed E-state index contributed by atoms with van der Waals surface area (Å²) in [7, 11) is 1.81. The lowest BCUT2D eigenvalue weighted by Crippen LogP contribution is -2.47. The number of hydrogen-bond acceptors (Lipinski definition) is 6. The molecular formula is C29H29N6OS+. The van der Waals surface area contributed by atoms with Gasteiger partial charge in [0.05, 0.1) is 25.3 Å². The van der Waals surface area contributed by atoms with E-state index in [1.807, 2.05) is 55.6 Å². The standard InChI is InChI=1S/C29H28N6OS/c1-34-28(36)25(26(30)35-24-12-7-11-23(24)33-29(34)35)27(37-21-8-3-2-4-9-21)32-18-19-13-15-20(16-14-19)22-10-5-6-17-31-22/h2-6,8-10,13-17,23-24H,7,11-12,18H2,1H3,(H2,30,32,36)/p+1/t23-,24+/m1/s1. The largest absolute Gasteiger partial charge is 0.334 e. The molecule has 0 amide bonds. The lowest BCUT2D eigenvalue weighted by Gasteiger charge is -2.15. The van der Waals surface area contributed by atoms with Crippen molar-refractivity contribution in [3.8, 4) is 11.3 Å². The molecule has 0 unspecified atom stereocenters. The van der Waals surface area contributed by atoms with Crippen LogP contribution in [-0.4, -0.2) is 20.6 Å². The van der Waals surface area contributed by atoms with Gasteiger partial charge in [-0.2, -0.15) is 0 Å². The molecule has 0 spiro atoms. The van der Waals surface area contributed by atoms with Crippen molar-refractivity contribution in [3.63, 3.8) is 0 Å². The first-order chi connectivity index (χ1) is 18.1. The van der Waals surface area contributed by atoms with Gasteiger partial charge in [0, 0.05) is 16.7 Å². The number of aromatic nitrogens is 3. The second kappa shape index (κ2) is 9.86. The number of pyridine rings is 1. The minimum Gasteiger partial charge on any atom is -0.334 e. The van der Waals surface area contributed by atoms with Crippen LogP contribution >= 0.6 is 11.8 Å². The Morgan fingerprint density at radius 3 is 2.65 bits per heavy atom. The van der Waals surface area contributed by atoms with E-state index in [1.165, 1.54) is 11.8 Å². The van der Waals surface area contributed by atoms with E-state index in [1.54, 1.807) is 10.8 Å². The Hall–Kier alpha value is -3.91. The van der Waals surface area contributed by atoms with Gasteiger partial charge >= 0.3 is 11.5 Å².